The van der Waals surface area contributed by atoms with E-state index in [4.69, 9.17) is 11.6 Å². The van der Waals surface area contributed by atoms with Gasteiger partial charge in [0, 0.05) is 43.4 Å². The Morgan fingerprint density at radius 2 is 2.03 bits per heavy atom. The summed E-state index contributed by atoms with van der Waals surface area (Å²) in [4.78, 5) is 6.11. The second-order valence-corrected chi connectivity index (χ2v) is 9.32. The number of anilines is 1. The fourth-order valence-electron chi connectivity index (χ4n) is 3.28. The first-order valence-corrected chi connectivity index (χ1v) is 11.4. The molecule has 10 heteroatoms. The van der Waals surface area contributed by atoms with Crippen molar-refractivity contribution in [2.75, 3.05) is 37.3 Å². The molecule has 1 unspecified atom stereocenters. The average molecular weight is 567 g/mol. The molecule has 30 heavy (non-hydrogen) atoms. The van der Waals surface area contributed by atoms with Crippen LogP contribution in [0.25, 0.3) is 0 Å². The van der Waals surface area contributed by atoms with Gasteiger partial charge < -0.3 is 15.5 Å². The van der Waals surface area contributed by atoms with E-state index in [1.165, 1.54) is 18.2 Å². The normalized spacial score (nSPS) is 16.8. The Morgan fingerprint density at radius 1 is 1.27 bits per heavy atom. The SMILES string of the molecule is CN=C(NCCS(=O)(=O)c1ccccc1F)NC1CCN(c2cccc(Cl)c2)C1.I. The summed E-state index contributed by atoms with van der Waals surface area (Å²) in [6.07, 6.45) is 0.917. The van der Waals surface area contributed by atoms with Crippen LogP contribution < -0.4 is 15.5 Å². The summed E-state index contributed by atoms with van der Waals surface area (Å²) in [5.41, 5.74) is 1.07. The Labute approximate surface area is 198 Å². The van der Waals surface area contributed by atoms with Crippen LogP contribution in [0.1, 0.15) is 6.42 Å². The number of benzene rings is 2. The van der Waals surface area contributed by atoms with Crippen molar-refractivity contribution >= 4 is 57.1 Å². The van der Waals surface area contributed by atoms with Gasteiger partial charge in [0.25, 0.3) is 0 Å². The number of nitrogens with one attached hydrogen (secondary N) is 2. The van der Waals surface area contributed by atoms with Gasteiger partial charge in [0.05, 0.1) is 5.75 Å². The van der Waals surface area contributed by atoms with Crippen LogP contribution in [0.3, 0.4) is 0 Å². The van der Waals surface area contributed by atoms with Crippen LogP contribution in [0.15, 0.2) is 58.4 Å². The Bertz CT molecular complexity index is 990. The Kier molecular flexibility index (Phi) is 9.17. The lowest BCUT2D eigenvalue weighted by Crippen LogP contribution is -2.45. The van der Waals surface area contributed by atoms with E-state index in [0.29, 0.717) is 11.0 Å². The third kappa shape index (κ3) is 6.45. The van der Waals surface area contributed by atoms with Crippen molar-refractivity contribution in [2.24, 2.45) is 4.99 Å². The van der Waals surface area contributed by atoms with Crippen LogP contribution in [-0.4, -0.2) is 52.9 Å². The van der Waals surface area contributed by atoms with E-state index in [2.05, 4.69) is 20.5 Å². The van der Waals surface area contributed by atoms with Gasteiger partial charge in [0.15, 0.2) is 15.8 Å². The summed E-state index contributed by atoms with van der Waals surface area (Å²) in [7, 11) is -2.08. The number of nitrogens with zero attached hydrogens (tertiary/aromatic N) is 2. The van der Waals surface area contributed by atoms with Gasteiger partial charge in [-0.2, -0.15) is 0 Å². The van der Waals surface area contributed by atoms with Gasteiger partial charge in [-0.25, -0.2) is 12.8 Å². The largest absolute Gasteiger partial charge is 0.369 e. The molecule has 1 heterocycles. The van der Waals surface area contributed by atoms with Gasteiger partial charge in [-0.15, -0.1) is 24.0 Å². The fraction of sp³-hybridized carbons (Fsp3) is 0.350. The van der Waals surface area contributed by atoms with Crippen molar-refractivity contribution in [2.45, 2.75) is 17.4 Å². The number of halogens is 3. The molecule has 1 atom stereocenters. The van der Waals surface area contributed by atoms with Crippen molar-refractivity contribution in [1.29, 1.82) is 0 Å². The molecule has 0 saturated carbocycles. The summed E-state index contributed by atoms with van der Waals surface area (Å²) < 4.78 is 38.4. The number of guanidine groups is 1. The number of hydrogen-bond donors (Lipinski definition) is 2. The second-order valence-electron chi connectivity index (χ2n) is 6.80. The average Bonchev–Trinajstić information content (AvgIpc) is 3.16. The Balaban J connectivity index is 0.00000320. The van der Waals surface area contributed by atoms with Crippen LogP contribution in [-0.2, 0) is 9.84 Å². The zero-order chi connectivity index (χ0) is 20.9. The van der Waals surface area contributed by atoms with Crippen molar-refractivity contribution in [3.63, 3.8) is 0 Å². The predicted molar refractivity (Wildman–Crippen MR) is 130 cm³/mol. The van der Waals surface area contributed by atoms with E-state index in [1.807, 2.05) is 24.3 Å². The zero-order valence-corrected chi connectivity index (χ0v) is 20.4. The fourth-order valence-corrected chi connectivity index (χ4v) is 4.71. The maximum atomic E-state index is 13.8. The lowest BCUT2D eigenvalue weighted by atomic mass is 10.3. The van der Waals surface area contributed by atoms with Gasteiger partial charge in [0.1, 0.15) is 10.7 Å². The van der Waals surface area contributed by atoms with Crippen molar-refractivity contribution in [3.8, 4) is 0 Å². The topological polar surface area (TPSA) is 73.8 Å². The molecule has 2 aromatic carbocycles. The second kappa shape index (κ2) is 11.1. The third-order valence-corrected chi connectivity index (χ3v) is 6.74. The van der Waals surface area contributed by atoms with Gasteiger partial charge >= 0.3 is 0 Å². The van der Waals surface area contributed by atoms with Crippen LogP contribution in [0, 0.1) is 5.82 Å². The molecular formula is C20H25ClFIN4O2S. The quantitative estimate of drug-likeness (QED) is 0.319. The highest BCUT2D eigenvalue weighted by Gasteiger charge is 2.24. The molecule has 164 valence electrons. The van der Waals surface area contributed by atoms with Crippen molar-refractivity contribution < 1.29 is 12.8 Å². The first-order valence-electron chi connectivity index (χ1n) is 9.34. The minimum Gasteiger partial charge on any atom is -0.369 e. The van der Waals surface area contributed by atoms with E-state index in [0.717, 1.165) is 31.3 Å². The molecule has 1 fully saturated rings. The maximum absolute atomic E-state index is 13.8. The predicted octanol–water partition coefficient (Wildman–Crippen LogP) is 3.31. The first-order chi connectivity index (χ1) is 13.9. The summed E-state index contributed by atoms with van der Waals surface area (Å²) in [6, 6.07) is 13.3. The number of aliphatic imine (C=N–C) groups is 1. The molecule has 0 bridgehead atoms. The molecule has 1 saturated heterocycles. The molecule has 0 amide bonds. The standard InChI is InChI=1S/C20H24ClFN4O2S.HI/c1-23-20(24-10-12-29(27,28)19-8-3-2-7-18(19)22)25-16-9-11-26(14-16)17-6-4-5-15(21)13-17;/h2-8,13,16H,9-12,14H2,1H3,(H2,23,24,25);1H. The Morgan fingerprint density at radius 3 is 2.73 bits per heavy atom. The zero-order valence-electron chi connectivity index (χ0n) is 16.5. The molecule has 0 aliphatic carbocycles. The maximum Gasteiger partial charge on any atom is 0.191 e. The van der Waals surface area contributed by atoms with Crippen LogP contribution >= 0.6 is 35.6 Å². The minimum absolute atomic E-state index is 0. The molecule has 0 radical (unpaired) electrons. The van der Waals surface area contributed by atoms with Crippen LogP contribution in [0.5, 0.6) is 0 Å². The summed E-state index contributed by atoms with van der Waals surface area (Å²) in [5, 5.41) is 7.02. The van der Waals surface area contributed by atoms with Gasteiger partial charge in [-0.05, 0) is 36.8 Å². The number of rotatable bonds is 6. The lowest BCUT2D eigenvalue weighted by molar-refractivity contribution is 0.566. The first kappa shape index (κ1) is 24.7. The van der Waals surface area contributed by atoms with Crippen LogP contribution in [0.4, 0.5) is 10.1 Å². The van der Waals surface area contributed by atoms with E-state index >= 15 is 0 Å². The molecule has 1 aliphatic rings. The summed E-state index contributed by atoms with van der Waals surface area (Å²) in [6.45, 7) is 1.80. The molecule has 2 aromatic rings. The number of hydrogen-bond acceptors (Lipinski definition) is 4. The van der Waals surface area contributed by atoms with Gasteiger partial charge in [0.2, 0.25) is 0 Å². The van der Waals surface area contributed by atoms with Crippen molar-refractivity contribution in [3.05, 3.63) is 59.4 Å². The van der Waals surface area contributed by atoms with E-state index in [-0.39, 0.29) is 47.2 Å². The molecule has 0 spiro atoms. The van der Waals surface area contributed by atoms with E-state index in [9.17, 15) is 12.8 Å². The third-order valence-electron chi connectivity index (χ3n) is 4.76. The molecule has 1 aliphatic heterocycles. The van der Waals surface area contributed by atoms with Crippen molar-refractivity contribution in [1.82, 2.24) is 10.6 Å². The highest BCUT2D eigenvalue weighted by Crippen LogP contribution is 2.23. The number of sulfone groups is 1. The molecular weight excluding hydrogens is 542 g/mol. The van der Waals surface area contributed by atoms with E-state index in [1.54, 1.807) is 7.05 Å². The minimum atomic E-state index is -3.71. The lowest BCUT2D eigenvalue weighted by Gasteiger charge is -2.20. The monoisotopic (exact) mass is 566 g/mol. The molecule has 0 aromatic heterocycles. The smallest absolute Gasteiger partial charge is 0.191 e. The van der Waals surface area contributed by atoms with Crippen LogP contribution in [0.2, 0.25) is 5.02 Å². The van der Waals surface area contributed by atoms with Gasteiger partial charge in [-0.3, -0.25) is 4.99 Å². The van der Waals surface area contributed by atoms with E-state index < -0.39 is 15.7 Å². The molecule has 3 rings (SSSR count). The summed E-state index contributed by atoms with van der Waals surface area (Å²) in [5.74, 6) is -0.442. The summed E-state index contributed by atoms with van der Waals surface area (Å²) >= 11 is 6.07. The molecule has 2 N–H and O–H groups in total. The molecule has 6 nitrogen and oxygen atoms in total. The highest BCUT2D eigenvalue weighted by atomic mass is 127. The highest BCUT2D eigenvalue weighted by molar-refractivity contribution is 14.0. The Hall–Kier alpha value is -1.59. The van der Waals surface area contributed by atoms with Gasteiger partial charge in [-0.1, -0.05) is 29.8 Å².